The molecule has 0 unspecified atom stereocenters. The van der Waals surface area contributed by atoms with Gasteiger partial charge in [-0.3, -0.25) is 4.79 Å². The summed E-state index contributed by atoms with van der Waals surface area (Å²) in [5.41, 5.74) is 2.24. The predicted octanol–water partition coefficient (Wildman–Crippen LogP) is 4.01. The zero-order valence-electron chi connectivity index (χ0n) is 12.1. The van der Waals surface area contributed by atoms with E-state index in [4.69, 9.17) is 9.47 Å². The van der Waals surface area contributed by atoms with Crippen LogP contribution in [0.3, 0.4) is 0 Å². The average Bonchev–Trinajstić information content (AvgIpc) is 2.50. The van der Waals surface area contributed by atoms with E-state index in [1.807, 2.05) is 37.3 Å². The van der Waals surface area contributed by atoms with Crippen molar-refractivity contribution < 1.29 is 14.3 Å². The van der Waals surface area contributed by atoms with Crippen LogP contribution in [0.4, 0.5) is 0 Å². The van der Waals surface area contributed by atoms with Crippen molar-refractivity contribution >= 4 is 21.7 Å². The molecule has 3 nitrogen and oxygen atoms in total. The minimum Gasteiger partial charge on any atom is -0.490 e. The number of ketones is 1. The van der Waals surface area contributed by atoms with E-state index >= 15 is 0 Å². The van der Waals surface area contributed by atoms with Crippen LogP contribution in [0.25, 0.3) is 0 Å². The van der Waals surface area contributed by atoms with Crippen LogP contribution in [0.2, 0.25) is 0 Å². The van der Waals surface area contributed by atoms with Crippen LogP contribution in [0.15, 0.2) is 46.9 Å². The third kappa shape index (κ3) is 3.93. The molecule has 0 aromatic heterocycles. The molecule has 0 saturated carbocycles. The van der Waals surface area contributed by atoms with Gasteiger partial charge in [-0.2, -0.15) is 0 Å². The minimum atomic E-state index is -0.0429. The van der Waals surface area contributed by atoms with Crippen LogP contribution in [0.1, 0.15) is 21.5 Å². The molecule has 0 fully saturated rings. The monoisotopic (exact) mass is 348 g/mol. The smallest absolute Gasteiger partial charge is 0.196 e. The summed E-state index contributed by atoms with van der Waals surface area (Å²) in [6, 6.07) is 12.8. The topological polar surface area (TPSA) is 35.5 Å². The maximum Gasteiger partial charge on any atom is 0.196 e. The van der Waals surface area contributed by atoms with Crippen molar-refractivity contribution in [3.8, 4) is 5.75 Å². The Hall–Kier alpha value is -1.65. The lowest BCUT2D eigenvalue weighted by Gasteiger charge is -2.11. The molecule has 0 bridgehead atoms. The minimum absolute atomic E-state index is 0.0429. The van der Waals surface area contributed by atoms with Gasteiger partial charge in [0.1, 0.15) is 12.4 Å². The highest BCUT2D eigenvalue weighted by atomic mass is 79.9. The van der Waals surface area contributed by atoms with E-state index in [9.17, 15) is 4.79 Å². The van der Waals surface area contributed by atoms with Crippen molar-refractivity contribution in [2.24, 2.45) is 0 Å². The first-order valence-corrected chi connectivity index (χ1v) is 7.44. The quantitative estimate of drug-likeness (QED) is 0.584. The number of halogens is 1. The number of para-hydroxylation sites is 1. The van der Waals surface area contributed by atoms with E-state index in [-0.39, 0.29) is 5.78 Å². The summed E-state index contributed by atoms with van der Waals surface area (Å²) in [6.45, 7) is 2.86. The first-order chi connectivity index (χ1) is 10.1. The molecule has 0 spiro atoms. The van der Waals surface area contributed by atoms with E-state index in [0.717, 1.165) is 10.0 Å². The van der Waals surface area contributed by atoms with Gasteiger partial charge in [0.15, 0.2) is 5.78 Å². The SMILES string of the molecule is COCCOc1ccccc1C(=O)c1ccc(Br)c(C)c1. The Labute approximate surface area is 133 Å². The number of carbonyl (C=O) groups excluding carboxylic acids is 1. The zero-order valence-corrected chi connectivity index (χ0v) is 13.6. The van der Waals surface area contributed by atoms with Crippen LogP contribution >= 0.6 is 15.9 Å². The summed E-state index contributed by atoms with van der Waals surface area (Å²) in [7, 11) is 1.62. The van der Waals surface area contributed by atoms with Crippen molar-refractivity contribution in [3.63, 3.8) is 0 Å². The molecule has 110 valence electrons. The fourth-order valence-corrected chi connectivity index (χ4v) is 2.20. The molecule has 0 saturated heterocycles. The highest BCUT2D eigenvalue weighted by Gasteiger charge is 2.15. The van der Waals surface area contributed by atoms with Gasteiger partial charge in [0.2, 0.25) is 0 Å². The van der Waals surface area contributed by atoms with Gasteiger partial charge >= 0.3 is 0 Å². The first kappa shape index (κ1) is 15.7. The average molecular weight is 349 g/mol. The standard InChI is InChI=1S/C17H17BrO3/c1-12-11-13(7-8-15(12)18)17(19)14-5-3-4-6-16(14)21-10-9-20-2/h3-8,11H,9-10H2,1-2H3. The lowest BCUT2D eigenvalue weighted by molar-refractivity contribution is 0.103. The summed E-state index contributed by atoms with van der Waals surface area (Å²) >= 11 is 3.44. The van der Waals surface area contributed by atoms with Gasteiger partial charge in [0, 0.05) is 17.1 Å². The fraction of sp³-hybridized carbons (Fsp3) is 0.235. The second-order valence-electron chi connectivity index (χ2n) is 4.63. The number of methoxy groups -OCH3 is 1. The number of carbonyl (C=O) groups is 1. The van der Waals surface area contributed by atoms with Gasteiger partial charge in [-0.1, -0.05) is 28.1 Å². The van der Waals surface area contributed by atoms with Crippen molar-refractivity contribution in [1.82, 2.24) is 0 Å². The summed E-state index contributed by atoms with van der Waals surface area (Å²) in [5.74, 6) is 0.540. The highest BCUT2D eigenvalue weighted by molar-refractivity contribution is 9.10. The first-order valence-electron chi connectivity index (χ1n) is 6.65. The van der Waals surface area contributed by atoms with Crippen LogP contribution in [-0.4, -0.2) is 26.1 Å². The molecule has 0 aliphatic rings. The molecule has 2 aromatic rings. The van der Waals surface area contributed by atoms with Crippen molar-refractivity contribution in [3.05, 3.63) is 63.6 Å². The Kier molecular flexibility index (Phi) is 5.53. The van der Waals surface area contributed by atoms with E-state index in [0.29, 0.717) is 30.1 Å². The van der Waals surface area contributed by atoms with E-state index in [2.05, 4.69) is 15.9 Å². The molecule has 0 aliphatic heterocycles. The van der Waals surface area contributed by atoms with Gasteiger partial charge in [0.05, 0.1) is 12.2 Å². The van der Waals surface area contributed by atoms with E-state index < -0.39 is 0 Å². The van der Waals surface area contributed by atoms with Gasteiger partial charge in [-0.25, -0.2) is 0 Å². The number of benzene rings is 2. The number of aryl methyl sites for hydroxylation is 1. The van der Waals surface area contributed by atoms with Crippen LogP contribution in [0, 0.1) is 6.92 Å². The normalized spacial score (nSPS) is 10.4. The molecular formula is C17H17BrO3. The second-order valence-corrected chi connectivity index (χ2v) is 5.48. The molecule has 0 amide bonds. The predicted molar refractivity (Wildman–Crippen MR) is 86.1 cm³/mol. The number of hydrogen-bond donors (Lipinski definition) is 0. The molecule has 0 heterocycles. The molecule has 0 N–H and O–H groups in total. The Morgan fingerprint density at radius 1 is 1.14 bits per heavy atom. The summed E-state index contributed by atoms with van der Waals surface area (Å²) in [6.07, 6.45) is 0. The fourth-order valence-electron chi connectivity index (χ4n) is 1.96. The highest BCUT2D eigenvalue weighted by Crippen LogP contribution is 2.24. The third-order valence-corrected chi connectivity index (χ3v) is 3.99. The van der Waals surface area contributed by atoms with Crippen molar-refractivity contribution in [2.75, 3.05) is 20.3 Å². The third-order valence-electron chi connectivity index (χ3n) is 3.10. The largest absolute Gasteiger partial charge is 0.490 e. The summed E-state index contributed by atoms with van der Waals surface area (Å²) in [4.78, 5) is 12.6. The van der Waals surface area contributed by atoms with Crippen molar-refractivity contribution in [2.45, 2.75) is 6.92 Å². The molecule has 0 aliphatic carbocycles. The molecule has 0 radical (unpaired) electrons. The summed E-state index contributed by atoms with van der Waals surface area (Å²) < 4.78 is 11.6. The number of ether oxygens (including phenoxy) is 2. The van der Waals surface area contributed by atoms with Crippen molar-refractivity contribution in [1.29, 1.82) is 0 Å². The molecule has 2 aromatic carbocycles. The van der Waals surface area contributed by atoms with E-state index in [1.54, 1.807) is 19.2 Å². The Morgan fingerprint density at radius 2 is 1.90 bits per heavy atom. The Bertz CT molecular complexity index is 638. The maximum absolute atomic E-state index is 12.6. The Morgan fingerprint density at radius 3 is 2.62 bits per heavy atom. The van der Waals surface area contributed by atoms with Gasteiger partial charge in [-0.15, -0.1) is 0 Å². The summed E-state index contributed by atoms with van der Waals surface area (Å²) in [5, 5.41) is 0. The van der Waals surface area contributed by atoms with Crippen LogP contribution in [-0.2, 0) is 4.74 Å². The molecular weight excluding hydrogens is 332 g/mol. The zero-order chi connectivity index (χ0) is 15.2. The number of rotatable bonds is 6. The van der Waals surface area contributed by atoms with Gasteiger partial charge in [-0.05, 0) is 42.8 Å². The van der Waals surface area contributed by atoms with Crippen LogP contribution in [0.5, 0.6) is 5.75 Å². The Balaban J connectivity index is 2.27. The van der Waals surface area contributed by atoms with E-state index in [1.165, 1.54) is 0 Å². The molecule has 4 heteroatoms. The lowest BCUT2D eigenvalue weighted by atomic mass is 10.0. The maximum atomic E-state index is 12.6. The molecule has 2 rings (SSSR count). The van der Waals surface area contributed by atoms with Gasteiger partial charge in [0.25, 0.3) is 0 Å². The van der Waals surface area contributed by atoms with Gasteiger partial charge < -0.3 is 9.47 Å². The molecule has 0 atom stereocenters. The lowest BCUT2D eigenvalue weighted by Crippen LogP contribution is -2.09. The molecule has 21 heavy (non-hydrogen) atoms. The second kappa shape index (κ2) is 7.38. The number of hydrogen-bond acceptors (Lipinski definition) is 3. The van der Waals surface area contributed by atoms with Crippen LogP contribution < -0.4 is 4.74 Å².